The standard InChI is InChI=1S/C26H25NO6/c1-14-7-6-8-18(16(14)3)27-23(20-11-9-15(2)33-20)22(25(29)26(27)30)24(28)17-10-12-19(31-4)21(13-17)32-5/h6-13,23,28H,1-5H3/b24-22-. The minimum absolute atomic E-state index is 0.0533. The molecule has 1 N–H and O–H groups in total. The highest BCUT2D eigenvalue weighted by molar-refractivity contribution is 6.51. The largest absolute Gasteiger partial charge is 0.507 e. The van der Waals surface area contributed by atoms with Gasteiger partial charge < -0.3 is 19.0 Å². The van der Waals surface area contributed by atoms with Gasteiger partial charge in [0.1, 0.15) is 23.3 Å². The third-order valence-corrected chi connectivity index (χ3v) is 5.97. The first-order valence-corrected chi connectivity index (χ1v) is 10.4. The van der Waals surface area contributed by atoms with Gasteiger partial charge in [0.2, 0.25) is 0 Å². The van der Waals surface area contributed by atoms with Gasteiger partial charge in [-0.15, -0.1) is 0 Å². The summed E-state index contributed by atoms with van der Waals surface area (Å²) in [7, 11) is 2.99. The molecule has 0 saturated carbocycles. The highest BCUT2D eigenvalue weighted by atomic mass is 16.5. The summed E-state index contributed by atoms with van der Waals surface area (Å²) in [4.78, 5) is 27.9. The number of Topliss-reactive ketones (excluding diaryl/α,β-unsaturated/α-hetero) is 1. The second kappa shape index (κ2) is 8.50. The lowest BCUT2D eigenvalue weighted by Crippen LogP contribution is -2.30. The molecule has 1 aromatic heterocycles. The molecule has 7 nitrogen and oxygen atoms in total. The molecule has 33 heavy (non-hydrogen) atoms. The van der Waals surface area contributed by atoms with Crippen molar-refractivity contribution in [2.24, 2.45) is 0 Å². The summed E-state index contributed by atoms with van der Waals surface area (Å²) in [5, 5.41) is 11.3. The first-order valence-electron chi connectivity index (χ1n) is 10.4. The Balaban J connectivity index is 1.96. The average Bonchev–Trinajstić information content (AvgIpc) is 3.35. The predicted octanol–water partition coefficient (Wildman–Crippen LogP) is 4.85. The third-order valence-electron chi connectivity index (χ3n) is 5.97. The van der Waals surface area contributed by atoms with Crippen LogP contribution in [-0.2, 0) is 9.59 Å². The Morgan fingerprint density at radius 2 is 1.70 bits per heavy atom. The van der Waals surface area contributed by atoms with Crippen LogP contribution in [0.15, 0.2) is 58.5 Å². The number of hydrogen-bond acceptors (Lipinski definition) is 6. The fourth-order valence-corrected chi connectivity index (χ4v) is 4.09. The zero-order valence-electron chi connectivity index (χ0n) is 19.1. The number of benzene rings is 2. The molecule has 1 aliphatic rings. The number of hydrogen-bond donors (Lipinski definition) is 1. The Bertz CT molecular complexity index is 1290. The zero-order chi connectivity index (χ0) is 23.9. The number of nitrogens with zero attached hydrogens (tertiary/aromatic N) is 1. The van der Waals surface area contributed by atoms with Crippen molar-refractivity contribution in [1.82, 2.24) is 0 Å². The van der Waals surface area contributed by atoms with E-state index in [1.54, 1.807) is 43.3 Å². The van der Waals surface area contributed by atoms with Crippen LogP contribution in [0.5, 0.6) is 11.5 Å². The maximum absolute atomic E-state index is 13.3. The molecular weight excluding hydrogens is 422 g/mol. The van der Waals surface area contributed by atoms with E-state index >= 15 is 0 Å². The molecule has 1 amide bonds. The molecule has 1 aliphatic heterocycles. The maximum atomic E-state index is 13.3. The normalized spacial score (nSPS) is 17.5. The molecule has 1 atom stereocenters. The minimum Gasteiger partial charge on any atom is -0.507 e. The van der Waals surface area contributed by atoms with Gasteiger partial charge in [0.15, 0.2) is 11.5 Å². The SMILES string of the molecule is COc1ccc(/C(O)=C2/C(=O)C(=O)N(c3cccc(C)c3C)C2c2ccc(C)o2)cc1OC. The second-order valence-electron chi connectivity index (χ2n) is 7.91. The van der Waals surface area contributed by atoms with Crippen LogP contribution in [-0.4, -0.2) is 31.0 Å². The Kier molecular flexibility index (Phi) is 5.72. The van der Waals surface area contributed by atoms with Crippen molar-refractivity contribution < 1.29 is 28.6 Å². The number of aliphatic hydroxyl groups is 1. The Morgan fingerprint density at radius 3 is 2.33 bits per heavy atom. The van der Waals surface area contributed by atoms with Crippen molar-refractivity contribution in [3.8, 4) is 11.5 Å². The van der Waals surface area contributed by atoms with Crippen molar-refractivity contribution in [3.63, 3.8) is 0 Å². The van der Waals surface area contributed by atoms with E-state index < -0.39 is 17.7 Å². The molecule has 0 bridgehead atoms. The summed E-state index contributed by atoms with van der Waals surface area (Å²) in [5.74, 6) is 0.0317. The number of ether oxygens (including phenoxy) is 2. The van der Waals surface area contributed by atoms with E-state index in [2.05, 4.69) is 0 Å². The van der Waals surface area contributed by atoms with Crippen LogP contribution in [0.3, 0.4) is 0 Å². The molecule has 4 rings (SSSR count). The topological polar surface area (TPSA) is 89.2 Å². The molecule has 170 valence electrons. The highest BCUT2D eigenvalue weighted by Gasteiger charge is 2.48. The fourth-order valence-electron chi connectivity index (χ4n) is 4.09. The molecule has 1 fully saturated rings. The Labute approximate surface area is 191 Å². The van der Waals surface area contributed by atoms with Crippen molar-refractivity contribution in [2.45, 2.75) is 26.8 Å². The summed E-state index contributed by atoms with van der Waals surface area (Å²) in [6, 6.07) is 12.9. The van der Waals surface area contributed by atoms with Crippen LogP contribution in [0, 0.1) is 20.8 Å². The van der Waals surface area contributed by atoms with Gasteiger partial charge in [0.05, 0.1) is 19.8 Å². The number of anilines is 1. The van der Waals surface area contributed by atoms with Crippen LogP contribution in [0.25, 0.3) is 5.76 Å². The predicted molar refractivity (Wildman–Crippen MR) is 124 cm³/mol. The monoisotopic (exact) mass is 447 g/mol. The smallest absolute Gasteiger partial charge is 0.300 e. The lowest BCUT2D eigenvalue weighted by atomic mass is 9.98. The van der Waals surface area contributed by atoms with Crippen molar-refractivity contribution in [1.29, 1.82) is 0 Å². The maximum Gasteiger partial charge on any atom is 0.300 e. The van der Waals surface area contributed by atoms with E-state index in [4.69, 9.17) is 13.9 Å². The van der Waals surface area contributed by atoms with Crippen LogP contribution < -0.4 is 14.4 Å². The van der Waals surface area contributed by atoms with Gasteiger partial charge in [0, 0.05) is 11.3 Å². The zero-order valence-corrected chi connectivity index (χ0v) is 19.1. The lowest BCUT2D eigenvalue weighted by molar-refractivity contribution is -0.132. The van der Waals surface area contributed by atoms with Gasteiger partial charge in [-0.1, -0.05) is 12.1 Å². The number of carbonyl (C=O) groups is 2. The summed E-state index contributed by atoms with van der Waals surface area (Å²) >= 11 is 0. The van der Waals surface area contributed by atoms with Crippen LogP contribution in [0.4, 0.5) is 5.69 Å². The van der Waals surface area contributed by atoms with Crippen LogP contribution in [0.1, 0.15) is 34.3 Å². The van der Waals surface area contributed by atoms with Gasteiger partial charge >= 0.3 is 0 Å². The van der Waals surface area contributed by atoms with E-state index in [1.165, 1.54) is 19.1 Å². The second-order valence-corrected chi connectivity index (χ2v) is 7.91. The van der Waals surface area contributed by atoms with Crippen molar-refractivity contribution >= 4 is 23.1 Å². The number of furan rings is 1. The molecule has 2 heterocycles. The first kappa shape index (κ1) is 22.2. The lowest BCUT2D eigenvalue weighted by Gasteiger charge is -2.25. The highest BCUT2D eigenvalue weighted by Crippen LogP contribution is 2.44. The van der Waals surface area contributed by atoms with Gasteiger partial charge in [-0.2, -0.15) is 0 Å². The minimum atomic E-state index is -0.924. The molecule has 1 unspecified atom stereocenters. The summed E-state index contributed by atoms with van der Waals surface area (Å²) in [6.45, 7) is 5.61. The Hall–Kier alpha value is -4.00. The first-order chi connectivity index (χ1) is 15.8. The molecule has 7 heteroatoms. The average molecular weight is 447 g/mol. The van der Waals surface area contributed by atoms with Crippen molar-refractivity contribution in [2.75, 3.05) is 19.1 Å². The number of amides is 1. The molecular formula is C26H25NO6. The molecule has 3 aromatic rings. The summed E-state index contributed by atoms with van der Waals surface area (Å²) in [6.07, 6.45) is 0. The molecule has 0 aliphatic carbocycles. The third kappa shape index (κ3) is 3.65. The quantitative estimate of drug-likeness (QED) is 0.342. The molecule has 2 aromatic carbocycles. The van der Waals surface area contributed by atoms with E-state index in [9.17, 15) is 14.7 Å². The van der Waals surface area contributed by atoms with Gasteiger partial charge in [-0.3, -0.25) is 14.5 Å². The fraction of sp³-hybridized carbons (Fsp3) is 0.231. The summed E-state index contributed by atoms with van der Waals surface area (Å²) < 4.78 is 16.4. The van der Waals surface area contributed by atoms with Gasteiger partial charge in [-0.05, 0) is 68.3 Å². The van der Waals surface area contributed by atoms with Gasteiger partial charge in [-0.25, -0.2) is 0 Å². The molecule has 0 radical (unpaired) electrons. The molecule has 0 spiro atoms. The summed E-state index contributed by atoms with van der Waals surface area (Å²) in [5.41, 5.74) is 2.69. The number of ketones is 1. The van der Waals surface area contributed by atoms with E-state index in [1.807, 2.05) is 26.0 Å². The number of methoxy groups -OCH3 is 2. The van der Waals surface area contributed by atoms with Crippen LogP contribution in [0.2, 0.25) is 0 Å². The van der Waals surface area contributed by atoms with E-state index in [0.717, 1.165) is 11.1 Å². The number of carbonyl (C=O) groups excluding carboxylic acids is 2. The number of aryl methyl sites for hydroxylation is 2. The van der Waals surface area contributed by atoms with Crippen molar-refractivity contribution in [3.05, 3.63) is 82.3 Å². The van der Waals surface area contributed by atoms with Crippen LogP contribution >= 0.6 is 0 Å². The van der Waals surface area contributed by atoms with E-state index in [0.29, 0.717) is 34.3 Å². The number of aliphatic hydroxyl groups excluding tert-OH is 1. The van der Waals surface area contributed by atoms with Gasteiger partial charge in [0.25, 0.3) is 11.7 Å². The molecule has 1 saturated heterocycles. The Morgan fingerprint density at radius 1 is 0.970 bits per heavy atom. The number of rotatable bonds is 5. The van der Waals surface area contributed by atoms with E-state index in [-0.39, 0.29) is 11.3 Å².